The lowest BCUT2D eigenvalue weighted by molar-refractivity contribution is 0.394. The Hall–Kier alpha value is -4.47. The molecule has 8 rings (SSSR count). The third-order valence-electron chi connectivity index (χ3n) is 7.79. The van der Waals surface area contributed by atoms with Crippen molar-refractivity contribution in [2.24, 2.45) is 14.1 Å². The van der Waals surface area contributed by atoms with Crippen molar-refractivity contribution in [3.05, 3.63) is 54.2 Å². The molecule has 190 valence electrons. The first-order chi connectivity index (χ1) is 18.6. The molecular weight excluding hydrogens is 478 g/mol. The third-order valence-corrected chi connectivity index (χ3v) is 7.79. The number of aromatic nitrogens is 9. The van der Waals surface area contributed by atoms with Crippen LogP contribution in [0.15, 0.2) is 42.9 Å². The van der Waals surface area contributed by atoms with Gasteiger partial charge in [-0.1, -0.05) is 12.1 Å². The number of imidazole rings is 1. The highest BCUT2D eigenvalue weighted by molar-refractivity contribution is 5.95. The molecule has 2 fully saturated rings. The number of methoxy groups -OCH3 is 1. The van der Waals surface area contributed by atoms with E-state index >= 15 is 0 Å². The Bertz CT molecular complexity index is 1860. The number of hydrogen-bond acceptors (Lipinski definition) is 6. The molecule has 0 spiro atoms. The molecule has 0 saturated heterocycles. The van der Waals surface area contributed by atoms with E-state index in [4.69, 9.17) is 19.8 Å². The number of nitrogens with one attached hydrogen (secondary N) is 1. The van der Waals surface area contributed by atoms with Gasteiger partial charge in [-0.25, -0.2) is 19.7 Å². The van der Waals surface area contributed by atoms with Crippen molar-refractivity contribution in [3.63, 3.8) is 0 Å². The molecule has 1 N–H and O–H groups in total. The Morgan fingerprint density at radius 2 is 1.82 bits per heavy atom. The molecule has 10 heteroatoms. The highest BCUT2D eigenvalue weighted by Gasteiger charge is 2.35. The van der Waals surface area contributed by atoms with E-state index in [-0.39, 0.29) is 0 Å². The van der Waals surface area contributed by atoms with E-state index in [1.165, 1.54) is 31.4 Å². The average Bonchev–Trinajstić information content (AvgIpc) is 3.76. The van der Waals surface area contributed by atoms with Crippen LogP contribution in [0.4, 0.5) is 0 Å². The molecule has 10 nitrogen and oxygen atoms in total. The summed E-state index contributed by atoms with van der Waals surface area (Å²) >= 11 is 0. The van der Waals surface area contributed by atoms with E-state index in [9.17, 15) is 0 Å². The number of H-pyrrole nitrogens is 1. The Kier molecular flexibility index (Phi) is 4.41. The van der Waals surface area contributed by atoms with Crippen LogP contribution in [-0.2, 0) is 14.1 Å². The molecule has 5 heterocycles. The molecule has 2 saturated carbocycles. The Balaban J connectivity index is 1.34. The van der Waals surface area contributed by atoms with Gasteiger partial charge in [-0.2, -0.15) is 15.3 Å². The summed E-state index contributed by atoms with van der Waals surface area (Å²) in [6, 6.07) is 8.48. The fraction of sp³-hybridized carbons (Fsp3) is 0.321. The van der Waals surface area contributed by atoms with Crippen LogP contribution in [0.25, 0.3) is 50.3 Å². The first kappa shape index (κ1) is 21.6. The van der Waals surface area contributed by atoms with E-state index in [1.807, 2.05) is 34.9 Å². The first-order valence-electron chi connectivity index (χ1n) is 13.1. The lowest BCUT2D eigenvalue weighted by atomic mass is 10.0. The standard InChI is InChI=1S/C28H27N9O/c1-35-13-17-11-19(23(15-7-8-15)30-26(17)34-35)27-31-24(25(36(27)2)16-9-10-16)18-5-4-6-21-20(18)14-37(33-21)22-12-29-32-28(22)38-3/h4-6,11-16H,7-10H2,1-3H3,(H,29,32). The zero-order valence-corrected chi connectivity index (χ0v) is 21.5. The Labute approximate surface area is 218 Å². The van der Waals surface area contributed by atoms with Gasteiger partial charge in [-0.15, -0.1) is 0 Å². The van der Waals surface area contributed by atoms with Gasteiger partial charge in [-0.05, 0) is 37.8 Å². The van der Waals surface area contributed by atoms with E-state index < -0.39 is 0 Å². The van der Waals surface area contributed by atoms with Crippen LogP contribution in [0.3, 0.4) is 0 Å². The van der Waals surface area contributed by atoms with Crippen LogP contribution < -0.4 is 4.74 Å². The van der Waals surface area contributed by atoms with Crippen molar-refractivity contribution in [2.75, 3.05) is 7.11 Å². The summed E-state index contributed by atoms with van der Waals surface area (Å²) in [4.78, 5) is 10.4. The van der Waals surface area contributed by atoms with E-state index in [1.54, 1.807) is 13.3 Å². The van der Waals surface area contributed by atoms with Gasteiger partial charge in [0, 0.05) is 65.9 Å². The molecule has 2 aliphatic carbocycles. The smallest absolute Gasteiger partial charge is 0.235 e. The van der Waals surface area contributed by atoms with Crippen molar-refractivity contribution in [2.45, 2.75) is 37.5 Å². The van der Waals surface area contributed by atoms with Crippen LogP contribution >= 0.6 is 0 Å². The van der Waals surface area contributed by atoms with Crippen LogP contribution in [-0.4, -0.2) is 51.4 Å². The lowest BCUT2D eigenvalue weighted by Gasteiger charge is -2.10. The molecule has 0 amide bonds. The Morgan fingerprint density at radius 1 is 0.974 bits per heavy atom. The van der Waals surface area contributed by atoms with Crippen molar-refractivity contribution in [3.8, 4) is 34.2 Å². The predicted molar refractivity (Wildman–Crippen MR) is 143 cm³/mol. The molecule has 5 aromatic heterocycles. The number of hydrogen-bond donors (Lipinski definition) is 1. The van der Waals surface area contributed by atoms with Gasteiger partial charge in [0.05, 0.1) is 30.2 Å². The van der Waals surface area contributed by atoms with Gasteiger partial charge in [0.25, 0.3) is 0 Å². The summed E-state index contributed by atoms with van der Waals surface area (Å²) in [5.74, 6) is 2.54. The van der Waals surface area contributed by atoms with Gasteiger partial charge < -0.3 is 9.30 Å². The van der Waals surface area contributed by atoms with E-state index in [2.05, 4.69) is 45.1 Å². The SMILES string of the molecule is COc1[nH]ncc1-n1cc2c(-c3nc(-c4cc5cn(C)nc5nc4C4CC4)n(C)c3C3CC3)cccc2n1. The summed E-state index contributed by atoms with van der Waals surface area (Å²) < 4.78 is 11.4. The molecule has 0 bridgehead atoms. The molecule has 6 aromatic rings. The third kappa shape index (κ3) is 3.22. The maximum absolute atomic E-state index is 5.44. The largest absolute Gasteiger partial charge is 0.480 e. The molecular formula is C28H27N9O. The number of aryl methyl sites for hydroxylation is 1. The lowest BCUT2D eigenvalue weighted by Crippen LogP contribution is -2.01. The summed E-state index contributed by atoms with van der Waals surface area (Å²) in [6.07, 6.45) is 10.5. The molecule has 1 aromatic carbocycles. The fourth-order valence-corrected chi connectivity index (χ4v) is 5.66. The molecule has 0 radical (unpaired) electrons. The average molecular weight is 506 g/mol. The minimum absolute atomic E-state index is 0.479. The molecule has 0 aliphatic heterocycles. The molecule has 0 unspecified atom stereocenters. The maximum Gasteiger partial charge on any atom is 0.235 e. The maximum atomic E-state index is 5.44. The second kappa shape index (κ2) is 7.77. The minimum Gasteiger partial charge on any atom is -0.480 e. The van der Waals surface area contributed by atoms with Gasteiger partial charge in [0.2, 0.25) is 5.88 Å². The topological polar surface area (TPSA) is 104 Å². The molecule has 38 heavy (non-hydrogen) atoms. The predicted octanol–water partition coefficient (Wildman–Crippen LogP) is 4.86. The van der Waals surface area contributed by atoms with Crippen LogP contribution in [0.5, 0.6) is 5.88 Å². The van der Waals surface area contributed by atoms with Crippen LogP contribution in [0, 0.1) is 0 Å². The summed E-state index contributed by atoms with van der Waals surface area (Å²) in [7, 11) is 5.72. The van der Waals surface area contributed by atoms with Crippen LogP contribution in [0.2, 0.25) is 0 Å². The number of fused-ring (bicyclic) bond motifs is 2. The summed E-state index contributed by atoms with van der Waals surface area (Å²) in [5, 5.41) is 18.5. The number of aromatic amines is 1. The molecule has 2 aliphatic rings. The highest BCUT2D eigenvalue weighted by atomic mass is 16.5. The quantitative estimate of drug-likeness (QED) is 0.347. The first-order valence-corrected chi connectivity index (χ1v) is 13.1. The van der Waals surface area contributed by atoms with Crippen molar-refractivity contribution >= 4 is 21.9 Å². The van der Waals surface area contributed by atoms with Gasteiger partial charge in [0.15, 0.2) is 5.65 Å². The van der Waals surface area contributed by atoms with Crippen molar-refractivity contribution in [1.29, 1.82) is 0 Å². The second-order valence-electron chi connectivity index (χ2n) is 10.5. The fourth-order valence-electron chi connectivity index (χ4n) is 5.66. The number of pyridine rings is 1. The summed E-state index contributed by atoms with van der Waals surface area (Å²) in [5.41, 5.74) is 8.12. The van der Waals surface area contributed by atoms with Gasteiger partial charge in [0.1, 0.15) is 11.5 Å². The van der Waals surface area contributed by atoms with E-state index in [0.29, 0.717) is 17.7 Å². The number of ether oxygens (including phenoxy) is 1. The second-order valence-corrected chi connectivity index (χ2v) is 10.5. The molecule has 0 atom stereocenters. The monoisotopic (exact) mass is 505 g/mol. The summed E-state index contributed by atoms with van der Waals surface area (Å²) in [6.45, 7) is 0. The van der Waals surface area contributed by atoms with Gasteiger partial charge >= 0.3 is 0 Å². The van der Waals surface area contributed by atoms with E-state index in [0.717, 1.165) is 56.0 Å². The van der Waals surface area contributed by atoms with Crippen molar-refractivity contribution in [1.82, 2.24) is 44.3 Å². The number of nitrogens with zero attached hydrogens (tertiary/aromatic N) is 8. The zero-order valence-electron chi connectivity index (χ0n) is 21.5. The highest BCUT2D eigenvalue weighted by Crippen LogP contribution is 2.49. The van der Waals surface area contributed by atoms with Crippen LogP contribution in [0.1, 0.15) is 48.9 Å². The Morgan fingerprint density at radius 3 is 2.61 bits per heavy atom. The zero-order chi connectivity index (χ0) is 25.5. The number of benzene rings is 1. The number of rotatable bonds is 6. The normalized spacial score (nSPS) is 15.7. The van der Waals surface area contributed by atoms with Gasteiger partial charge in [-0.3, -0.25) is 4.68 Å². The van der Waals surface area contributed by atoms with Crippen molar-refractivity contribution < 1.29 is 4.74 Å². The minimum atomic E-state index is 0.479.